The molecule has 3 aromatic rings. The van der Waals surface area contributed by atoms with Crippen LogP contribution in [0.5, 0.6) is 0 Å². The minimum atomic E-state index is 0.577. The molecule has 1 N–H and O–H groups in total. The number of hydrogen-bond acceptors (Lipinski definition) is 3. The number of anilines is 1. The summed E-state index contributed by atoms with van der Waals surface area (Å²) in [6, 6.07) is 9.36. The van der Waals surface area contributed by atoms with Crippen LogP contribution in [0.15, 0.2) is 42.7 Å². The van der Waals surface area contributed by atoms with E-state index in [0.717, 1.165) is 35.7 Å². The van der Waals surface area contributed by atoms with E-state index in [0.29, 0.717) is 10.0 Å². The molecule has 110 valence electrons. The van der Waals surface area contributed by atoms with E-state index in [-0.39, 0.29) is 0 Å². The molecule has 0 saturated heterocycles. The monoisotopic (exact) mass is 330 g/mol. The molecular weight excluding hydrogens is 319 g/mol. The van der Waals surface area contributed by atoms with Crippen molar-refractivity contribution in [2.24, 2.45) is 0 Å². The van der Waals surface area contributed by atoms with Crippen molar-refractivity contribution in [3.05, 3.63) is 58.3 Å². The minimum Gasteiger partial charge on any atom is -0.369 e. The first-order chi connectivity index (χ1) is 10.7. The zero-order valence-corrected chi connectivity index (χ0v) is 13.1. The van der Waals surface area contributed by atoms with Gasteiger partial charge < -0.3 is 5.32 Å². The standard InChI is InChI=1S/C16H12Cl2N4/c17-11-1-2-14(13(18)9-11)22-16-12(5-8-20-16)15(21-22)10-3-6-19-7-4-10/h1-4,6-7,9,20H,5,8H2. The maximum absolute atomic E-state index is 6.34. The van der Waals surface area contributed by atoms with Crippen molar-refractivity contribution in [1.82, 2.24) is 14.8 Å². The predicted molar refractivity (Wildman–Crippen MR) is 89.0 cm³/mol. The topological polar surface area (TPSA) is 42.7 Å². The lowest BCUT2D eigenvalue weighted by atomic mass is 10.1. The van der Waals surface area contributed by atoms with Crippen molar-refractivity contribution < 1.29 is 0 Å². The number of benzene rings is 1. The third kappa shape index (κ3) is 2.16. The van der Waals surface area contributed by atoms with Crippen molar-refractivity contribution in [3.8, 4) is 16.9 Å². The summed E-state index contributed by atoms with van der Waals surface area (Å²) in [6.45, 7) is 0.899. The zero-order chi connectivity index (χ0) is 15.1. The maximum Gasteiger partial charge on any atom is 0.133 e. The summed E-state index contributed by atoms with van der Waals surface area (Å²) in [6.07, 6.45) is 4.50. The van der Waals surface area contributed by atoms with Crippen LogP contribution in [0.1, 0.15) is 5.56 Å². The van der Waals surface area contributed by atoms with Gasteiger partial charge in [-0.25, -0.2) is 4.68 Å². The van der Waals surface area contributed by atoms with Crippen molar-refractivity contribution in [2.45, 2.75) is 6.42 Å². The molecule has 1 aromatic carbocycles. The highest BCUT2D eigenvalue weighted by Crippen LogP contribution is 2.36. The number of fused-ring (bicyclic) bond motifs is 1. The summed E-state index contributed by atoms with van der Waals surface area (Å²) < 4.78 is 1.86. The maximum atomic E-state index is 6.34. The van der Waals surface area contributed by atoms with Crippen LogP contribution in [-0.2, 0) is 6.42 Å². The Bertz CT molecular complexity index is 843. The van der Waals surface area contributed by atoms with Gasteiger partial charge in [-0.15, -0.1) is 0 Å². The molecule has 4 nitrogen and oxygen atoms in total. The Morgan fingerprint density at radius 1 is 1.09 bits per heavy atom. The van der Waals surface area contributed by atoms with E-state index in [1.807, 2.05) is 28.9 Å². The second-order valence-corrected chi connectivity index (χ2v) is 5.94. The Kier molecular flexibility index (Phi) is 3.28. The third-order valence-corrected chi connectivity index (χ3v) is 4.28. The number of nitrogens with zero attached hydrogens (tertiary/aromatic N) is 3. The lowest BCUT2D eigenvalue weighted by Crippen LogP contribution is -2.04. The molecule has 6 heteroatoms. The lowest BCUT2D eigenvalue weighted by molar-refractivity contribution is 0.882. The number of aromatic nitrogens is 3. The number of nitrogens with one attached hydrogen (secondary N) is 1. The second-order valence-electron chi connectivity index (χ2n) is 5.10. The second kappa shape index (κ2) is 5.30. The van der Waals surface area contributed by atoms with Gasteiger partial charge in [0.25, 0.3) is 0 Å². The van der Waals surface area contributed by atoms with Gasteiger partial charge in [0.05, 0.1) is 16.4 Å². The van der Waals surface area contributed by atoms with E-state index in [9.17, 15) is 0 Å². The summed E-state index contributed by atoms with van der Waals surface area (Å²) in [4.78, 5) is 4.07. The van der Waals surface area contributed by atoms with Crippen molar-refractivity contribution in [1.29, 1.82) is 0 Å². The molecule has 3 heterocycles. The molecule has 0 fully saturated rings. The van der Waals surface area contributed by atoms with Gasteiger partial charge in [0.15, 0.2) is 0 Å². The van der Waals surface area contributed by atoms with E-state index >= 15 is 0 Å². The quantitative estimate of drug-likeness (QED) is 0.765. The molecule has 1 aliphatic heterocycles. The highest BCUT2D eigenvalue weighted by Gasteiger charge is 2.24. The fourth-order valence-corrected chi connectivity index (χ4v) is 3.23. The average Bonchev–Trinajstić information content (AvgIpc) is 3.11. The third-order valence-electron chi connectivity index (χ3n) is 3.74. The van der Waals surface area contributed by atoms with E-state index in [2.05, 4.69) is 10.3 Å². The van der Waals surface area contributed by atoms with Crippen LogP contribution in [-0.4, -0.2) is 21.3 Å². The van der Waals surface area contributed by atoms with Gasteiger partial charge in [-0.05, 0) is 36.8 Å². The number of pyridine rings is 1. The van der Waals surface area contributed by atoms with Crippen LogP contribution in [0.3, 0.4) is 0 Å². The van der Waals surface area contributed by atoms with Crippen LogP contribution < -0.4 is 5.32 Å². The molecule has 4 rings (SSSR count). The van der Waals surface area contributed by atoms with E-state index in [4.69, 9.17) is 28.3 Å². The average molecular weight is 331 g/mol. The van der Waals surface area contributed by atoms with Gasteiger partial charge in [-0.2, -0.15) is 5.10 Å². The Balaban J connectivity index is 1.92. The number of halogens is 2. The SMILES string of the molecule is Clc1ccc(-n2nc(-c3ccncc3)c3c2NCC3)c(Cl)c1. The van der Waals surface area contributed by atoms with E-state index < -0.39 is 0 Å². The van der Waals surface area contributed by atoms with Gasteiger partial charge in [0, 0.05) is 35.1 Å². The molecule has 0 unspecified atom stereocenters. The first kappa shape index (κ1) is 13.6. The lowest BCUT2D eigenvalue weighted by Gasteiger charge is -2.08. The molecule has 0 spiro atoms. The van der Waals surface area contributed by atoms with Crippen LogP contribution in [0.2, 0.25) is 10.0 Å². The summed E-state index contributed by atoms with van der Waals surface area (Å²) in [5, 5.41) is 9.34. The smallest absolute Gasteiger partial charge is 0.133 e. The van der Waals surface area contributed by atoms with Crippen LogP contribution in [0.4, 0.5) is 5.82 Å². The van der Waals surface area contributed by atoms with Gasteiger partial charge in [0.1, 0.15) is 5.82 Å². The summed E-state index contributed by atoms with van der Waals surface area (Å²) in [7, 11) is 0. The molecule has 1 aliphatic rings. The summed E-state index contributed by atoms with van der Waals surface area (Å²) >= 11 is 12.3. The summed E-state index contributed by atoms with van der Waals surface area (Å²) in [5.74, 6) is 0.996. The van der Waals surface area contributed by atoms with Crippen LogP contribution in [0, 0.1) is 0 Å². The molecule has 0 bridgehead atoms. The van der Waals surface area contributed by atoms with E-state index in [1.54, 1.807) is 18.5 Å². The van der Waals surface area contributed by atoms with Crippen molar-refractivity contribution in [3.63, 3.8) is 0 Å². The van der Waals surface area contributed by atoms with Crippen LogP contribution in [0.25, 0.3) is 16.9 Å². The first-order valence-corrected chi connectivity index (χ1v) is 7.71. The highest BCUT2D eigenvalue weighted by molar-refractivity contribution is 6.35. The molecule has 0 saturated carbocycles. The Hall–Kier alpha value is -2.04. The largest absolute Gasteiger partial charge is 0.369 e. The highest BCUT2D eigenvalue weighted by atomic mass is 35.5. The fraction of sp³-hybridized carbons (Fsp3) is 0.125. The molecule has 22 heavy (non-hydrogen) atoms. The Morgan fingerprint density at radius 3 is 2.68 bits per heavy atom. The van der Waals surface area contributed by atoms with E-state index in [1.165, 1.54) is 5.56 Å². The number of rotatable bonds is 2. The molecule has 0 atom stereocenters. The molecular formula is C16H12Cl2N4. The molecule has 0 amide bonds. The molecule has 0 aliphatic carbocycles. The van der Waals surface area contributed by atoms with Gasteiger partial charge in [-0.3, -0.25) is 4.98 Å². The van der Waals surface area contributed by atoms with Crippen molar-refractivity contribution >= 4 is 29.0 Å². The van der Waals surface area contributed by atoms with Gasteiger partial charge >= 0.3 is 0 Å². The van der Waals surface area contributed by atoms with Gasteiger partial charge in [-0.1, -0.05) is 23.2 Å². The van der Waals surface area contributed by atoms with Crippen molar-refractivity contribution in [2.75, 3.05) is 11.9 Å². The first-order valence-electron chi connectivity index (χ1n) is 6.95. The molecule has 0 radical (unpaired) electrons. The molecule has 2 aromatic heterocycles. The van der Waals surface area contributed by atoms with Gasteiger partial charge in [0.2, 0.25) is 0 Å². The fourth-order valence-electron chi connectivity index (χ4n) is 2.74. The Labute approximate surface area is 137 Å². The normalized spacial score (nSPS) is 13.0. The zero-order valence-electron chi connectivity index (χ0n) is 11.6. The predicted octanol–water partition coefficient (Wildman–Crippen LogP) is 4.21. The number of hydrogen-bond donors (Lipinski definition) is 1. The van der Waals surface area contributed by atoms with Crippen LogP contribution >= 0.6 is 23.2 Å². The summed E-state index contributed by atoms with van der Waals surface area (Å²) in [5.41, 5.74) is 4.04. The Morgan fingerprint density at radius 2 is 1.91 bits per heavy atom. The minimum absolute atomic E-state index is 0.577.